The molecule has 1 aromatic carbocycles. The van der Waals surface area contributed by atoms with Crippen molar-refractivity contribution >= 4 is 30.8 Å². The summed E-state index contributed by atoms with van der Waals surface area (Å²) in [5.74, 6) is 0.341. The summed E-state index contributed by atoms with van der Waals surface area (Å²) in [5.41, 5.74) is 1.37. The molecule has 7 heteroatoms. The molecule has 0 saturated heterocycles. The van der Waals surface area contributed by atoms with Crippen molar-refractivity contribution < 1.29 is 14.7 Å². The van der Waals surface area contributed by atoms with E-state index in [1.807, 2.05) is 0 Å². The van der Waals surface area contributed by atoms with E-state index in [1.54, 1.807) is 30.6 Å². The predicted molar refractivity (Wildman–Crippen MR) is 57.6 cm³/mol. The Bertz CT molecular complexity index is 455. The molecule has 0 unspecified atom stereocenters. The average Bonchev–Trinajstić information content (AvgIpc) is 2.17. The summed E-state index contributed by atoms with van der Waals surface area (Å²) in [4.78, 5) is 8.10. The van der Waals surface area contributed by atoms with Crippen LogP contribution in [0.3, 0.4) is 0 Å². The van der Waals surface area contributed by atoms with E-state index in [0.29, 0.717) is 11.3 Å². The Hall–Kier alpha value is -1.37. The van der Waals surface area contributed by atoms with E-state index < -0.39 is 7.32 Å². The second kappa shape index (κ2) is 4.93. The van der Waals surface area contributed by atoms with Gasteiger partial charge in [-0.15, -0.1) is 12.4 Å². The van der Waals surface area contributed by atoms with Crippen molar-refractivity contribution in [2.75, 3.05) is 0 Å². The Kier molecular flexibility index (Phi) is 3.84. The maximum absolute atomic E-state index is 8.58. The minimum absolute atomic E-state index is 0. The molecule has 2 rings (SSSR count). The number of halogens is 1. The van der Waals surface area contributed by atoms with E-state index in [0.717, 1.165) is 5.52 Å². The monoisotopic (exact) mass is 226 g/mol. The zero-order chi connectivity index (χ0) is 9.97. The van der Waals surface area contributed by atoms with Crippen LogP contribution in [0.1, 0.15) is 0 Å². The van der Waals surface area contributed by atoms with Crippen LogP contribution in [0.2, 0.25) is 0 Å². The number of aromatic nitrogens is 2. The second-order valence-corrected chi connectivity index (χ2v) is 2.65. The van der Waals surface area contributed by atoms with Crippen LogP contribution in [-0.2, 0) is 0 Å². The molecule has 0 aliphatic carbocycles. The molecule has 2 aromatic rings. The zero-order valence-corrected chi connectivity index (χ0v) is 8.39. The maximum Gasteiger partial charge on any atom is 0.707 e. The first-order valence-corrected chi connectivity index (χ1v) is 3.99. The first kappa shape index (κ1) is 11.7. The van der Waals surface area contributed by atoms with Crippen LogP contribution in [0.5, 0.6) is 5.75 Å². The Morgan fingerprint density at radius 2 is 1.73 bits per heavy atom. The third kappa shape index (κ3) is 2.79. The van der Waals surface area contributed by atoms with E-state index in [1.165, 1.54) is 0 Å². The van der Waals surface area contributed by atoms with Gasteiger partial charge in [0, 0.05) is 18.5 Å². The van der Waals surface area contributed by atoms with Gasteiger partial charge in [0.15, 0.2) is 0 Å². The molecule has 78 valence electrons. The summed E-state index contributed by atoms with van der Waals surface area (Å²) in [5, 5.41) is 17.2. The number of hydrogen-bond donors (Lipinski definition) is 2. The van der Waals surface area contributed by atoms with Crippen molar-refractivity contribution in [2.45, 2.75) is 0 Å². The molecule has 0 bridgehead atoms. The molecule has 1 heterocycles. The minimum atomic E-state index is -1.82. The number of fused-ring (bicyclic) bond motifs is 1. The van der Waals surface area contributed by atoms with E-state index in [4.69, 9.17) is 10.0 Å². The Labute approximate surface area is 92.3 Å². The van der Waals surface area contributed by atoms with Crippen molar-refractivity contribution in [3.8, 4) is 5.75 Å². The van der Waals surface area contributed by atoms with Gasteiger partial charge in [-0.25, -0.2) is 0 Å². The van der Waals surface area contributed by atoms with Gasteiger partial charge in [0.25, 0.3) is 0 Å². The van der Waals surface area contributed by atoms with E-state index in [-0.39, 0.29) is 12.4 Å². The molecular formula is C8H8BClN2O3. The van der Waals surface area contributed by atoms with Crippen LogP contribution in [0, 0.1) is 0 Å². The van der Waals surface area contributed by atoms with Crippen molar-refractivity contribution in [1.29, 1.82) is 0 Å². The quantitative estimate of drug-likeness (QED) is 0.725. The summed E-state index contributed by atoms with van der Waals surface area (Å²) in [6.45, 7) is 0. The van der Waals surface area contributed by atoms with E-state index in [2.05, 4.69) is 14.6 Å². The smallest absolute Gasteiger partial charge is 0.512 e. The second-order valence-electron chi connectivity index (χ2n) is 2.65. The van der Waals surface area contributed by atoms with Gasteiger partial charge in [-0.3, -0.25) is 9.97 Å². The Balaban J connectivity index is 0.00000112. The van der Waals surface area contributed by atoms with E-state index in [9.17, 15) is 0 Å². The number of rotatable bonds is 2. The SMILES string of the molecule is Cl.OB(O)Oc1ccc2nccnc2c1. The van der Waals surface area contributed by atoms with Crippen LogP contribution in [0.15, 0.2) is 30.6 Å². The van der Waals surface area contributed by atoms with Crippen LogP contribution in [0.4, 0.5) is 0 Å². The molecule has 0 spiro atoms. The number of benzene rings is 1. The zero-order valence-electron chi connectivity index (χ0n) is 7.57. The fourth-order valence-corrected chi connectivity index (χ4v) is 1.14. The highest BCUT2D eigenvalue weighted by Crippen LogP contribution is 2.16. The van der Waals surface area contributed by atoms with Crippen molar-refractivity contribution in [2.24, 2.45) is 0 Å². The molecule has 5 nitrogen and oxygen atoms in total. The highest BCUT2D eigenvalue weighted by atomic mass is 35.5. The topological polar surface area (TPSA) is 75.5 Å². The summed E-state index contributed by atoms with van der Waals surface area (Å²) >= 11 is 0. The Morgan fingerprint density at radius 1 is 1.07 bits per heavy atom. The van der Waals surface area contributed by atoms with Crippen LogP contribution in [0.25, 0.3) is 11.0 Å². The van der Waals surface area contributed by atoms with Gasteiger partial charge in [-0.2, -0.15) is 0 Å². The van der Waals surface area contributed by atoms with Crippen molar-refractivity contribution in [3.63, 3.8) is 0 Å². The lowest BCUT2D eigenvalue weighted by atomic mass is 10.2. The normalized spacial score (nSPS) is 9.47. The molecule has 0 saturated carbocycles. The summed E-state index contributed by atoms with van der Waals surface area (Å²) < 4.78 is 4.67. The first-order valence-electron chi connectivity index (χ1n) is 3.99. The van der Waals surface area contributed by atoms with Gasteiger partial charge in [-0.05, 0) is 12.1 Å². The van der Waals surface area contributed by atoms with Crippen molar-refractivity contribution in [1.82, 2.24) is 9.97 Å². The molecule has 2 N–H and O–H groups in total. The lowest BCUT2D eigenvalue weighted by molar-refractivity contribution is 0.288. The van der Waals surface area contributed by atoms with Crippen LogP contribution in [-0.4, -0.2) is 27.3 Å². The third-order valence-corrected chi connectivity index (χ3v) is 1.68. The predicted octanol–water partition coefficient (Wildman–Crippen LogP) is 0.400. The highest BCUT2D eigenvalue weighted by molar-refractivity contribution is 6.33. The average molecular weight is 226 g/mol. The Morgan fingerprint density at radius 3 is 2.40 bits per heavy atom. The molecular weight excluding hydrogens is 218 g/mol. The van der Waals surface area contributed by atoms with E-state index >= 15 is 0 Å². The molecule has 0 radical (unpaired) electrons. The van der Waals surface area contributed by atoms with Gasteiger partial charge in [0.1, 0.15) is 5.75 Å². The van der Waals surface area contributed by atoms with Gasteiger partial charge >= 0.3 is 7.32 Å². The minimum Gasteiger partial charge on any atom is -0.512 e. The lowest BCUT2D eigenvalue weighted by Gasteiger charge is -2.04. The number of hydrogen-bond acceptors (Lipinski definition) is 5. The van der Waals surface area contributed by atoms with Gasteiger partial charge in [0.05, 0.1) is 11.0 Å². The third-order valence-electron chi connectivity index (χ3n) is 1.68. The van der Waals surface area contributed by atoms with Crippen LogP contribution >= 0.6 is 12.4 Å². The molecule has 0 amide bonds. The summed E-state index contributed by atoms with van der Waals surface area (Å²) in [6, 6.07) is 4.87. The fourth-order valence-electron chi connectivity index (χ4n) is 1.14. The summed E-state index contributed by atoms with van der Waals surface area (Å²) in [7, 11) is -1.82. The lowest BCUT2D eigenvalue weighted by Crippen LogP contribution is -2.20. The maximum atomic E-state index is 8.58. The standard InChI is InChI=1S/C8H7BN2O3.ClH/c12-9(13)14-6-1-2-7-8(5-6)11-4-3-10-7;/h1-5,12-13H;1H. The van der Waals surface area contributed by atoms with Gasteiger partial charge in [-0.1, -0.05) is 0 Å². The molecule has 1 aromatic heterocycles. The molecule has 15 heavy (non-hydrogen) atoms. The number of nitrogens with zero attached hydrogens (tertiary/aromatic N) is 2. The largest absolute Gasteiger partial charge is 0.707 e. The molecule has 0 aliphatic rings. The fraction of sp³-hybridized carbons (Fsp3) is 0. The van der Waals surface area contributed by atoms with Crippen LogP contribution < -0.4 is 4.65 Å². The highest BCUT2D eigenvalue weighted by Gasteiger charge is 2.11. The van der Waals surface area contributed by atoms with Gasteiger partial charge in [0.2, 0.25) is 0 Å². The van der Waals surface area contributed by atoms with Gasteiger partial charge < -0.3 is 14.7 Å². The molecule has 0 aliphatic heterocycles. The molecule has 0 atom stereocenters. The molecule has 0 fully saturated rings. The summed E-state index contributed by atoms with van der Waals surface area (Å²) in [6.07, 6.45) is 3.14. The van der Waals surface area contributed by atoms with Crippen molar-refractivity contribution in [3.05, 3.63) is 30.6 Å². The first-order chi connectivity index (χ1) is 6.75.